The van der Waals surface area contributed by atoms with E-state index in [0.29, 0.717) is 17.9 Å². The van der Waals surface area contributed by atoms with E-state index in [1.54, 1.807) is 6.92 Å². The Kier molecular flexibility index (Phi) is 8.66. The van der Waals surface area contributed by atoms with Gasteiger partial charge in [-0.3, -0.25) is 9.59 Å². The van der Waals surface area contributed by atoms with Gasteiger partial charge in [0.05, 0.1) is 16.5 Å². The van der Waals surface area contributed by atoms with Crippen LogP contribution < -0.4 is 10.6 Å². The summed E-state index contributed by atoms with van der Waals surface area (Å²) in [5.41, 5.74) is -2.38. The molecule has 3 rings (SSSR count). The van der Waals surface area contributed by atoms with Gasteiger partial charge in [-0.1, -0.05) is 0 Å². The molecular formula is C24H30F5N5O3S. The Balaban J connectivity index is 2.09. The van der Waals surface area contributed by atoms with Crippen molar-refractivity contribution in [3.05, 3.63) is 28.5 Å². The predicted molar refractivity (Wildman–Crippen MR) is 132 cm³/mol. The van der Waals surface area contributed by atoms with Gasteiger partial charge in [0, 0.05) is 29.9 Å². The van der Waals surface area contributed by atoms with Crippen molar-refractivity contribution in [3.8, 4) is 10.4 Å². The lowest BCUT2D eigenvalue weighted by Gasteiger charge is -2.26. The van der Waals surface area contributed by atoms with Gasteiger partial charge in [-0.2, -0.15) is 13.2 Å². The van der Waals surface area contributed by atoms with Crippen LogP contribution in [-0.2, 0) is 0 Å². The van der Waals surface area contributed by atoms with Crippen LogP contribution in [0.3, 0.4) is 0 Å². The van der Waals surface area contributed by atoms with Crippen LogP contribution in [0.25, 0.3) is 10.4 Å². The molecule has 8 nitrogen and oxygen atoms in total. The molecule has 1 aliphatic rings. The highest BCUT2D eigenvalue weighted by Crippen LogP contribution is 2.39. The number of alkyl halides is 5. The smallest absolute Gasteiger partial charge is 0.388 e. The fourth-order valence-corrected chi connectivity index (χ4v) is 4.77. The molecule has 3 atom stereocenters. The topological polar surface area (TPSA) is 107 Å². The molecular weight excluding hydrogens is 533 g/mol. The number of thiazole rings is 1. The molecule has 0 saturated carbocycles. The molecule has 1 unspecified atom stereocenters. The Morgan fingerprint density at radius 1 is 1.21 bits per heavy atom. The molecule has 1 aliphatic heterocycles. The summed E-state index contributed by atoms with van der Waals surface area (Å²) in [6, 6.07) is -2.09. The zero-order chi connectivity index (χ0) is 28.6. The van der Waals surface area contributed by atoms with Crippen molar-refractivity contribution in [1.82, 2.24) is 20.2 Å². The Morgan fingerprint density at radius 2 is 1.87 bits per heavy atom. The number of nitrogens with zero attached hydrogens (tertiary/aromatic N) is 3. The summed E-state index contributed by atoms with van der Waals surface area (Å²) in [7, 11) is 0. The SMILES string of the molecule is CC(Nc1cc(C(F)F)c(-c2sc(C(=O)N[C@H](C)C(C)(C)O)nc2C(=O)N2CCC[C@@H]2C)cn1)C(F)(F)F. The Bertz CT molecular complexity index is 1180. The van der Waals surface area contributed by atoms with E-state index in [1.807, 2.05) is 6.92 Å². The zero-order valence-corrected chi connectivity index (χ0v) is 22.3. The summed E-state index contributed by atoms with van der Waals surface area (Å²) >= 11 is 0.691. The van der Waals surface area contributed by atoms with Gasteiger partial charge in [0.15, 0.2) is 5.01 Å². The lowest BCUT2D eigenvalue weighted by atomic mass is 10.0. The first-order chi connectivity index (χ1) is 17.5. The van der Waals surface area contributed by atoms with Gasteiger partial charge in [-0.15, -0.1) is 11.3 Å². The maximum atomic E-state index is 14.1. The molecule has 3 heterocycles. The molecule has 14 heteroatoms. The number of carbonyl (C=O) groups is 2. The number of pyridine rings is 1. The number of carbonyl (C=O) groups excluding carboxylic acids is 2. The summed E-state index contributed by atoms with van der Waals surface area (Å²) in [6.45, 7) is 7.64. The number of hydrogen-bond donors (Lipinski definition) is 3. The maximum Gasteiger partial charge on any atom is 0.408 e. The number of rotatable bonds is 8. The summed E-state index contributed by atoms with van der Waals surface area (Å²) < 4.78 is 67.1. The molecule has 0 aliphatic carbocycles. The van der Waals surface area contributed by atoms with Crippen molar-refractivity contribution in [2.75, 3.05) is 11.9 Å². The highest BCUT2D eigenvalue weighted by Gasteiger charge is 2.37. The van der Waals surface area contributed by atoms with Crippen molar-refractivity contribution in [3.63, 3.8) is 0 Å². The summed E-state index contributed by atoms with van der Waals surface area (Å²) in [5, 5.41) is 14.6. The molecule has 2 aromatic rings. The van der Waals surface area contributed by atoms with Gasteiger partial charge in [-0.25, -0.2) is 18.7 Å². The van der Waals surface area contributed by atoms with E-state index in [0.717, 1.165) is 32.0 Å². The fraction of sp³-hybridized carbons (Fsp3) is 0.583. The van der Waals surface area contributed by atoms with E-state index in [4.69, 9.17) is 0 Å². The molecule has 38 heavy (non-hydrogen) atoms. The highest BCUT2D eigenvalue weighted by atomic mass is 32.1. The number of hydrogen-bond acceptors (Lipinski definition) is 7. The second-order valence-corrected chi connectivity index (χ2v) is 10.9. The van der Waals surface area contributed by atoms with Gasteiger partial charge < -0.3 is 20.6 Å². The third kappa shape index (κ3) is 6.57. The minimum atomic E-state index is -4.63. The van der Waals surface area contributed by atoms with Gasteiger partial charge in [-0.05, 0) is 53.5 Å². The van der Waals surface area contributed by atoms with Crippen molar-refractivity contribution in [2.45, 2.75) is 83.8 Å². The number of aromatic nitrogens is 2. The fourth-order valence-electron chi connectivity index (χ4n) is 3.77. The first-order valence-corrected chi connectivity index (χ1v) is 12.8. The van der Waals surface area contributed by atoms with E-state index in [1.165, 1.54) is 18.7 Å². The van der Waals surface area contributed by atoms with Gasteiger partial charge in [0.25, 0.3) is 18.2 Å². The van der Waals surface area contributed by atoms with E-state index < -0.39 is 53.5 Å². The minimum Gasteiger partial charge on any atom is -0.388 e. The normalized spacial score (nSPS) is 18.0. The van der Waals surface area contributed by atoms with Crippen LogP contribution in [0, 0.1) is 0 Å². The van der Waals surface area contributed by atoms with Gasteiger partial charge in [0.1, 0.15) is 17.6 Å². The lowest BCUT2D eigenvalue weighted by Crippen LogP contribution is -2.47. The molecule has 0 bridgehead atoms. The quantitative estimate of drug-likeness (QED) is 0.390. The zero-order valence-electron chi connectivity index (χ0n) is 21.5. The van der Waals surface area contributed by atoms with Crippen LogP contribution in [-0.4, -0.2) is 68.2 Å². The van der Waals surface area contributed by atoms with Crippen LogP contribution in [0.4, 0.5) is 27.8 Å². The molecule has 0 aromatic carbocycles. The van der Waals surface area contributed by atoms with Crippen LogP contribution in [0.2, 0.25) is 0 Å². The predicted octanol–water partition coefficient (Wildman–Crippen LogP) is 5.02. The van der Waals surface area contributed by atoms with Crippen molar-refractivity contribution in [1.29, 1.82) is 0 Å². The molecule has 0 spiro atoms. The number of aliphatic hydroxyl groups is 1. The van der Waals surface area contributed by atoms with E-state index >= 15 is 0 Å². The molecule has 3 N–H and O–H groups in total. The first kappa shape index (κ1) is 29.7. The number of anilines is 1. The van der Waals surface area contributed by atoms with Crippen molar-refractivity contribution in [2.24, 2.45) is 0 Å². The number of halogens is 5. The average molecular weight is 564 g/mol. The summed E-state index contributed by atoms with van der Waals surface area (Å²) in [5.74, 6) is -1.69. The second-order valence-electron chi connectivity index (χ2n) is 9.90. The molecule has 210 valence electrons. The van der Waals surface area contributed by atoms with Crippen LogP contribution in [0.1, 0.15) is 79.7 Å². The van der Waals surface area contributed by atoms with Crippen molar-refractivity contribution >= 4 is 29.0 Å². The third-order valence-corrected chi connectivity index (χ3v) is 7.60. The maximum absolute atomic E-state index is 14.1. The highest BCUT2D eigenvalue weighted by molar-refractivity contribution is 7.17. The monoisotopic (exact) mass is 563 g/mol. The molecule has 0 radical (unpaired) electrons. The van der Waals surface area contributed by atoms with E-state index in [2.05, 4.69) is 20.6 Å². The summed E-state index contributed by atoms with van der Waals surface area (Å²) in [4.78, 5) is 35.9. The van der Waals surface area contributed by atoms with Crippen molar-refractivity contribution < 1.29 is 36.6 Å². The standard InChI is InChI=1S/C24H30F5N5O3S/c1-11-7-6-8-34(11)22(36)17-18(38-21(33-17)20(35)32-12(2)23(4,5)37)15-10-30-16(9-14(15)19(25)26)31-13(3)24(27,28)29/h9-13,19,37H,6-8H2,1-5H3,(H,30,31)(H,32,35)/t11-,12+,13?/m0/s1. The number of likely N-dealkylation sites (tertiary alicyclic amines) is 1. The van der Waals surface area contributed by atoms with Crippen LogP contribution >= 0.6 is 11.3 Å². The Morgan fingerprint density at radius 3 is 2.39 bits per heavy atom. The molecule has 1 fully saturated rings. The molecule has 1 saturated heterocycles. The first-order valence-electron chi connectivity index (χ1n) is 12.0. The van der Waals surface area contributed by atoms with Crippen LogP contribution in [0.5, 0.6) is 0 Å². The van der Waals surface area contributed by atoms with Gasteiger partial charge >= 0.3 is 6.18 Å². The minimum absolute atomic E-state index is 0.0478. The average Bonchev–Trinajstić information content (AvgIpc) is 3.44. The number of amides is 2. The second kappa shape index (κ2) is 11.1. The lowest BCUT2D eigenvalue weighted by molar-refractivity contribution is -0.138. The van der Waals surface area contributed by atoms with E-state index in [9.17, 15) is 36.6 Å². The largest absolute Gasteiger partial charge is 0.408 e. The Hall–Kier alpha value is -2.87. The molecule has 2 amide bonds. The Labute approximate surface area is 220 Å². The number of nitrogens with one attached hydrogen (secondary N) is 2. The molecule has 2 aromatic heterocycles. The summed E-state index contributed by atoms with van der Waals surface area (Å²) in [6.07, 6.45) is -5.32. The van der Waals surface area contributed by atoms with Gasteiger partial charge in [0.2, 0.25) is 0 Å². The van der Waals surface area contributed by atoms with Crippen LogP contribution in [0.15, 0.2) is 12.3 Å². The third-order valence-electron chi connectivity index (χ3n) is 6.52. The van der Waals surface area contributed by atoms with E-state index in [-0.39, 0.29) is 27.2 Å².